The highest BCUT2D eigenvalue weighted by atomic mass is 19.1. The van der Waals surface area contributed by atoms with Crippen LogP contribution in [0.1, 0.15) is 34.6 Å². The van der Waals surface area contributed by atoms with Crippen molar-refractivity contribution in [2.45, 2.75) is 32.6 Å². The maximum Gasteiger partial charge on any atom is 0.254 e. The van der Waals surface area contributed by atoms with Crippen LogP contribution in [0.2, 0.25) is 0 Å². The predicted octanol–water partition coefficient (Wildman–Crippen LogP) is 4.39. The second-order valence-corrected chi connectivity index (χ2v) is 7.27. The zero-order valence-electron chi connectivity index (χ0n) is 15.6. The Morgan fingerprint density at radius 2 is 1.79 bits per heavy atom. The van der Waals surface area contributed by atoms with Crippen LogP contribution in [-0.2, 0) is 19.3 Å². The van der Waals surface area contributed by atoms with Gasteiger partial charge in [0.05, 0.1) is 5.69 Å². The number of benzene rings is 2. The Morgan fingerprint density at radius 3 is 2.57 bits per heavy atom. The first-order valence-electron chi connectivity index (χ1n) is 9.51. The molecule has 2 heterocycles. The number of rotatable bonds is 4. The number of hydrogen-bond donors (Lipinski definition) is 1. The SMILES string of the molecule is Cc1ccc(Cc2nc3nc4c(c(Nc5ccc(F)cc5)n3n2)CCC4)cc1. The van der Waals surface area contributed by atoms with Crippen LogP contribution in [0.4, 0.5) is 15.9 Å². The Bertz CT molecular complexity index is 1150. The fourth-order valence-electron chi connectivity index (χ4n) is 3.68. The Morgan fingerprint density at radius 1 is 1.00 bits per heavy atom. The van der Waals surface area contributed by atoms with Gasteiger partial charge < -0.3 is 5.32 Å². The summed E-state index contributed by atoms with van der Waals surface area (Å²) >= 11 is 0. The summed E-state index contributed by atoms with van der Waals surface area (Å²) in [5, 5.41) is 8.14. The number of aryl methyl sites for hydroxylation is 2. The highest BCUT2D eigenvalue weighted by molar-refractivity contribution is 5.63. The first-order chi connectivity index (χ1) is 13.7. The van der Waals surface area contributed by atoms with Gasteiger partial charge in [-0.05, 0) is 56.0 Å². The summed E-state index contributed by atoms with van der Waals surface area (Å²) in [6, 6.07) is 14.8. The van der Waals surface area contributed by atoms with Crippen LogP contribution in [0, 0.1) is 12.7 Å². The third-order valence-electron chi connectivity index (χ3n) is 5.15. The van der Waals surface area contributed by atoms with E-state index < -0.39 is 0 Å². The minimum absolute atomic E-state index is 0.253. The Kier molecular flexibility index (Phi) is 4.04. The van der Waals surface area contributed by atoms with Gasteiger partial charge in [-0.15, -0.1) is 5.10 Å². The molecule has 0 bridgehead atoms. The summed E-state index contributed by atoms with van der Waals surface area (Å²) in [4.78, 5) is 9.40. The number of nitrogens with one attached hydrogen (secondary N) is 1. The summed E-state index contributed by atoms with van der Waals surface area (Å²) in [5.41, 5.74) is 5.46. The topological polar surface area (TPSA) is 55.1 Å². The smallest absolute Gasteiger partial charge is 0.254 e. The van der Waals surface area contributed by atoms with Gasteiger partial charge >= 0.3 is 0 Å². The van der Waals surface area contributed by atoms with Crippen molar-refractivity contribution in [2.75, 3.05) is 5.32 Å². The van der Waals surface area contributed by atoms with Crippen molar-refractivity contribution >= 4 is 17.3 Å². The van der Waals surface area contributed by atoms with Gasteiger partial charge in [0.15, 0.2) is 5.82 Å². The molecule has 0 saturated heterocycles. The fourth-order valence-corrected chi connectivity index (χ4v) is 3.68. The van der Waals surface area contributed by atoms with Crippen LogP contribution in [0.25, 0.3) is 5.78 Å². The van der Waals surface area contributed by atoms with Crippen LogP contribution in [0.3, 0.4) is 0 Å². The monoisotopic (exact) mass is 373 g/mol. The van der Waals surface area contributed by atoms with Crippen molar-refractivity contribution in [3.8, 4) is 0 Å². The lowest BCUT2D eigenvalue weighted by Crippen LogP contribution is -2.07. The van der Waals surface area contributed by atoms with Gasteiger partial charge in [0.1, 0.15) is 11.6 Å². The highest BCUT2D eigenvalue weighted by Crippen LogP contribution is 2.30. The van der Waals surface area contributed by atoms with Gasteiger partial charge in [0.2, 0.25) is 0 Å². The lowest BCUT2D eigenvalue weighted by Gasteiger charge is -2.12. The second kappa shape index (κ2) is 6.71. The van der Waals surface area contributed by atoms with E-state index in [1.807, 2.05) is 0 Å². The molecule has 5 rings (SSSR count). The van der Waals surface area contributed by atoms with E-state index in [-0.39, 0.29) is 5.82 Å². The number of anilines is 2. The third kappa shape index (κ3) is 3.11. The lowest BCUT2D eigenvalue weighted by molar-refractivity contribution is 0.628. The first-order valence-corrected chi connectivity index (χ1v) is 9.51. The molecule has 1 N–H and O–H groups in total. The molecule has 0 amide bonds. The summed E-state index contributed by atoms with van der Waals surface area (Å²) in [6.45, 7) is 2.08. The standard InChI is InChI=1S/C22H20FN5/c1-14-5-7-15(8-6-14)13-20-26-22-25-19-4-2-3-18(19)21(28(22)27-20)24-17-11-9-16(23)10-12-17/h5-12,24H,2-4,13H2,1H3. The van der Waals surface area contributed by atoms with E-state index in [9.17, 15) is 4.39 Å². The maximum atomic E-state index is 13.3. The van der Waals surface area contributed by atoms with Crippen LogP contribution in [0.15, 0.2) is 48.5 Å². The molecule has 5 nitrogen and oxygen atoms in total. The molecule has 2 aromatic heterocycles. The third-order valence-corrected chi connectivity index (χ3v) is 5.15. The molecular formula is C22H20FN5. The van der Waals surface area contributed by atoms with Crippen molar-refractivity contribution in [1.82, 2.24) is 19.6 Å². The molecule has 6 heteroatoms. The van der Waals surface area contributed by atoms with Crippen LogP contribution in [0.5, 0.6) is 0 Å². The van der Waals surface area contributed by atoms with Gasteiger partial charge in [-0.1, -0.05) is 29.8 Å². The molecule has 0 aliphatic heterocycles. The quantitative estimate of drug-likeness (QED) is 0.576. The molecule has 1 aliphatic carbocycles. The molecule has 0 saturated carbocycles. The molecular weight excluding hydrogens is 353 g/mol. The van der Waals surface area contributed by atoms with E-state index in [2.05, 4.69) is 41.5 Å². The van der Waals surface area contributed by atoms with Crippen LogP contribution < -0.4 is 5.32 Å². The molecule has 140 valence electrons. The minimum Gasteiger partial charge on any atom is -0.340 e. The summed E-state index contributed by atoms with van der Waals surface area (Å²) < 4.78 is 15.1. The van der Waals surface area contributed by atoms with Gasteiger partial charge in [-0.2, -0.15) is 9.50 Å². The molecule has 28 heavy (non-hydrogen) atoms. The van der Waals surface area contributed by atoms with E-state index in [4.69, 9.17) is 10.1 Å². The van der Waals surface area contributed by atoms with E-state index in [0.29, 0.717) is 12.2 Å². The number of halogens is 1. The van der Waals surface area contributed by atoms with E-state index >= 15 is 0 Å². The number of fused-ring (bicyclic) bond motifs is 2. The maximum absolute atomic E-state index is 13.3. The molecule has 0 spiro atoms. The Balaban J connectivity index is 1.56. The van der Waals surface area contributed by atoms with Crippen molar-refractivity contribution in [3.05, 3.63) is 82.6 Å². The largest absolute Gasteiger partial charge is 0.340 e. The lowest BCUT2D eigenvalue weighted by atomic mass is 10.1. The van der Waals surface area contributed by atoms with Crippen molar-refractivity contribution < 1.29 is 4.39 Å². The summed E-state index contributed by atoms with van der Waals surface area (Å²) in [6.07, 6.45) is 3.63. The number of hydrogen-bond acceptors (Lipinski definition) is 4. The zero-order valence-corrected chi connectivity index (χ0v) is 15.6. The summed E-state index contributed by atoms with van der Waals surface area (Å²) in [5.74, 6) is 1.97. The van der Waals surface area contributed by atoms with Crippen molar-refractivity contribution in [1.29, 1.82) is 0 Å². The van der Waals surface area contributed by atoms with Crippen molar-refractivity contribution in [2.24, 2.45) is 0 Å². The van der Waals surface area contributed by atoms with Gasteiger partial charge in [0.25, 0.3) is 5.78 Å². The fraction of sp³-hybridized carbons (Fsp3) is 0.227. The molecule has 0 unspecified atom stereocenters. The predicted molar refractivity (Wildman–Crippen MR) is 106 cm³/mol. The van der Waals surface area contributed by atoms with Crippen molar-refractivity contribution in [3.63, 3.8) is 0 Å². The van der Waals surface area contributed by atoms with E-state index in [1.165, 1.54) is 28.8 Å². The molecule has 0 atom stereocenters. The zero-order chi connectivity index (χ0) is 19.1. The number of aromatic nitrogens is 4. The molecule has 2 aromatic carbocycles. The summed E-state index contributed by atoms with van der Waals surface area (Å²) in [7, 11) is 0. The van der Waals surface area contributed by atoms with Crippen LogP contribution >= 0.6 is 0 Å². The second-order valence-electron chi connectivity index (χ2n) is 7.27. The molecule has 1 aliphatic rings. The average Bonchev–Trinajstić information content (AvgIpc) is 3.31. The normalized spacial score (nSPS) is 13.1. The van der Waals surface area contributed by atoms with Gasteiger partial charge in [-0.25, -0.2) is 9.37 Å². The first kappa shape index (κ1) is 16.9. The van der Waals surface area contributed by atoms with Crippen LogP contribution in [-0.4, -0.2) is 19.6 Å². The average molecular weight is 373 g/mol. The molecule has 0 radical (unpaired) electrons. The number of nitrogens with zero attached hydrogens (tertiary/aromatic N) is 4. The highest BCUT2D eigenvalue weighted by Gasteiger charge is 2.22. The molecule has 0 fully saturated rings. The van der Waals surface area contributed by atoms with E-state index in [0.717, 1.165) is 42.3 Å². The minimum atomic E-state index is -0.253. The van der Waals surface area contributed by atoms with Gasteiger partial charge in [0, 0.05) is 17.7 Å². The van der Waals surface area contributed by atoms with E-state index in [1.54, 1.807) is 16.6 Å². The molecule has 4 aromatic rings. The Labute approximate surface area is 162 Å². The Hall–Kier alpha value is -3.28. The van der Waals surface area contributed by atoms with Gasteiger partial charge in [-0.3, -0.25) is 0 Å².